The van der Waals surface area contributed by atoms with Crippen molar-refractivity contribution in [3.63, 3.8) is 0 Å². The monoisotopic (exact) mass is 546 g/mol. The summed E-state index contributed by atoms with van der Waals surface area (Å²) in [5.74, 6) is 2.14. The summed E-state index contributed by atoms with van der Waals surface area (Å²) < 4.78 is 12.7. The van der Waals surface area contributed by atoms with Crippen LogP contribution in [-0.2, 0) is 17.2 Å². The molecule has 0 bridgehead atoms. The average molecular weight is 548 g/mol. The number of ether oxygens (including phenoxy) is 2. The van der Waals surface area contributed by atoms with Crippen molar-refractivity contribution >= 4 is 51.4 Å². The molecular formula is C25H24BrClN2O3S. The summed E-state index contributed by atoms with van der Waals surface area (Å²) >= 11 is 11.1. The molecule has 0 fully saturated rings. The lowest BCUT2D eigenvalue weighted by atomic mass is 10.2. The van der Waals surface area contributed by atoms with Crippen LogP contribution in [0.2, 0.25) is 5.02 Å². The van der Waals surface area contributed by atoms with Gasteiger partial charge in [0, 0.05) is 15.2 Å². The van der Waals surface area contributed by atoms with Crippen molar-refractivity contribution in [2.45, 2.75) is 19.3 Å². The minimum atomic E-state index is -0.158. The van der Waals surface area contributed by atoms with Gasteiger partial charge in [0.2, 0.25) is 5.91 Å². The molecule has 33 heavy (non-hydrogen) atoms. The number of hydrogen-bond donors (Lipinski definition) is 1. The lowest BCUT2D eigenvalue weighted by molar-refractivity contribution is -0.118. The maximum Gasteiger partial charge on any atom is 0.250 e. The van der Waals surface area contributed by atoms with Gasteiger partial charge in [0.25, 0.3) is 0 Å². The molecule has 5 nitrogen and oxygen atoms in total. The molecule has 0 aliphatic rings. The van der Waals surface area contributed by atoms with E-state index in [0.29, 0.717) is 35.5 Å². The van der Waals surface area contributed by atoms with Crippen LogP contribution in [0.1, 0.15) is 23.6 Å². The number of benzene rings is 3. The molecule has 0 saturated carbocycles. The number of nitrogens with zero attached hydrogens (tertiary/aromatic N) is 1. The third-order valence-corrected chi connectivity index (χ3v) is 6.39. The molecule has 1 amide bonds. The molecule has 0 saturated heterocycles. The van der Waals surface area contributed by atoms with E-state index in [1.807, 2.05) is 73.7 Å². The molecule has 3 rings (SSSR count). The van der Waals surface area contributed by atoms with E-state index >= 15 is 0 Å². The molecule has 0 unspecified atom stereocenters. The fourth-order valence-corrected chi connectivity index (χ4v) is 4.51. The van der Waals surface area contributed by atoms with Gasteiger partial charge in [0.15, 0.2) is 11.5 Å². The molecule has 0 radical (unpaired) electrons. The Morgan fingerprint density at radius 3 is 2.73 bits per heavy atom. The van der Waals surface area contributed by atoms with E-state index in [-0.39, 0.29) is 5.91 Å². The lowest BCUT2D eigenvalue weighted by Gasteiger charge is -2.12. The van der Waals surface area contributed by atoms with Crippen molar-refractivity contribution in [1.82, 2.24) is 5.43 Å². The molecule has 0 aliphatic carbocycles. The molecule has 0 atom stereocenters. The van der Waals surface area contributed by atoms with Crippen LogP contribution in [0.3, 0.4) is 0 Å². The molecule has 172 valence electrons. The number of amides is 1. The highest BCUT2D eigenvalue weighted by Crippen LogP contribution is 2.29. The van der Waals surface area contributed by atoms with E-state index in [1.165, 1.54) is 11.8 Å². The van der Waals surface area contributed by atoms with Crippen molar-refractivity contribution < 1.29 is 14.3 Å². The van der Waals surface area contributed by atoms with Crippen molar-refractivity contribution in [2.24, 2.45) is 5.10 Å². The van der Waals surface area contributed by atoms with Gasteiger partial charge in [0.1, 0.15) is 6.61 Å². The quantitative estimate of drug-likeness (QED) is 0.221. The first-order valence-electron chi connectivity index (χ1n) is 10.3. The van der Waals surface area contributed by atoms with Crippen LogP contribution in [0.4, 0.5) is 0 Å². The van der Waals surface area contributed by atoms with Gasteiger partial charge in [0.05, 0.1) is 18.6 Å². The molecular weight excluding hydrogens is 524 g/mol. The lowest BCUT2D eigenvalue weighted by Crippen LogP contribution is -2.19. The molecule has 0 aromatic heterocycles. The first-order chi connectivity index (χ1) is 16.0. The van der Waals surface area contributed by atoms with Gasteiger partial charge < -0.3 is 9.47 Å². The number of carbonyl (C=O) groups is 1. The highest BCUT2D eigenvalue weighted by molar-refractivity contribution is 9.10. The molecule has 0 heterocycles. The zero-order chi connectivity index (χ0) is 23.5. The average Bonchev–Trinajstić information content (AvgIpc) is 2.80. The summed E-state index contributed by atoms with van der Waals surface area (Å²) in [6.07, 6.45) is 1.58. The molecule has 8 heteroatoms. The predicted molar refractivity (Wildman–Crippen MR) is 139 cm³/mol. The molecule has 3 aromatic rings. The van der Waals surface area contributed by atoms with Crippen LogP contribution in [0, 0.1) is 0 Å². The van der Waals surface area contributed by atoms with E-state index in [1.54, 1.807) is 6.21 Å². The third-order valence-electron chi connectivity index (χ3n) is 4.40. The van der Waals surface area contributed by atoms with Gasteiger partial charge in [-0.2, -0.15) is 5.10 Å². The Morgan fingerprint density at radius 2 is 1.94 bits per heavy atom. The Morgan fingerprint density at radius 1 is 1.09 bits per heavy atom. The Kier molecular flexibility index (Phi) is 10.1. The van der Waals surface area contributed by atoms with Crippen LogP contribution < -0.4 is 14.9 Å². The van der Waals surface area contributed by atoms with Crippen molar-refractivity contribution in [2.75, 3.05) is 12.4 Å². The fourth-order valence-electron chi connectivity index (χ4n) is 2.86. The highest BCUT2D eigenvalue weighted by atomic mass is 79.9. The number of halogens is 2. The van der Waals surface area contributed by atoms with Gasteiger partial charge in [-0.05, 0) is 60.0 Å². The third kappa shape index (κ3) is 8.42. The van der Waals surface area contributed by atoms with Gasteiger partial charge in [-0.3, -0.25) is 4.79 Å². The van der Waals surface area contributed by atoms with Crippen LogP contribution in [-0.4, -0.2) is 24.5 Å². The van der Waals surface area contributed by atoms with Crippen LogP contribution in [0.5, 0.6) is 11.5 Å². The van der Waals surface area contributed by atoms with Crippen LogP contribution in [0.15, 0.2) is 76.3 Å². The smallest absolute Gasteiger partial charge is 0.250 e. The SMILES string of the molecule is CCOc1cc(/C=N/NC(=O)CSCc2ccccc2Br)ccc1OCc1cccc(Cl)c1. The van der Waals surface area contributed by atoms with Crippen LogP contribution >= 0.6 is 39.3 Å². The minimum absolute atomic E-state index is 0.158. The van der Waals surface area contributed by atoms with E-state index in [2.05, 4.69) is 26.5 Å². The number of hydrogen-bond acceptors (Lipinski definition) is 5. The maximum absolute atomic E-state index is 12.1. The Balaban J connectivity index is 1.51. The van der Waals surface area contributed by atoms with Gasteiger partial charge in [-0.1, -0.05) is 57.9 Å². The Bertz CT molecular complexity index is 1110. The second-order valence-corrected chi connectivity index (χ2v) is 9.21. The number of rotatable bonds is 11. The van der Waals surface area contributed by atoms with E-state index in [0.717, 1.165) is 26.9 Å². The molecule has 0 aliphatic heterocycles. The Labute approximate surface area is 211 Å². The number of hydrazone groups is 1. The number of thioether (sulfide) groups is 1. The van der Waals surface area contributed by atoms with Gasteiger partial charge in [-0.15, -0.1) is 11.8 Å². The molecule has 3 aromatic carbocycles. The maximum atomic E-state index is 12.1. The fraction of sp³-hybridized carbons (Fsp3) is 0.200. The molecule has 1 N–H and O–H groups in total. The van der Waals surface area contributed by atoms with Crippen molar-refractivity contribution in [3.8, 4) is 11.5 Å². The summed E-state index contributed by atoms with van der Waals surface area (Å²) in [7, 11) is 0. The Hall–Kier alpha value is -2.48. The normalized spacial score (nSPS) is 10.9. The van der Waals surface area contributed by atoms with Crippen LogP contribution in [0.25, 0.3) is 0 Å². The van der Waals surface area contributed by atoms with Gasteiger partial charge >= 0.3 is 0 Å². The first kappa shape index (κ1) is 25.1. The molecule has 0 spiro atoms. The van der Waals surface area contributed by atoms with E-state index in [9.17, 15) is 4.79 Å². The topological polar surface area (TPSA) is 59.9 Å². The highest BCUT2D eigenvalue weighted by Gasteiger charge is 2.07. The van der Waals surface area contributed by atoms with E-state index < -0.39 is 0 Å². The first-order valence-corrected chi connectivity index (χ1v) is 12.6. The zero-order valence-corrected chi connectivity index (χ0v) is 21.3. The second-order valence-electron chi connectivity index (χ2n) is 6.94. The summed E-state index contributed by atoms with van der Waals surface area (Å²) in [5.41, 5.74) is 5.47. The second kappa shape index (κ2) is 13.3. The predicted octanol–water partition coefficient (Wildman–Crippen LogP) is 6.46. The summed E-state index contributed by atoms with van der Waals surface area (Å²) in [6, 6.07) is 21.0. The summed E-state index contributed by atoms with van der Waals surface area (Å²) in [5, 5.41) is 4.73. The summed E-state index contributed by atoms with van der Waals surface area (Å²) in [4.78, 5) is 12.1. The minimum Gasteiger partial charge on any atom is -0.490 e. The number of carbonyl (C=O) groups excluding carboxylic acids is 1. The van der Waals surface area contributed by atoms with Crippen molar-refractivity contribution in [3.05, 3.63) is 92.9 Å². The largest absolute Gasteiger partial charge is 0.490 e. The van der Waals surface area contributed by atoms with E-state index in [4.69, 9.17) is 21.1 Å². The van der Waals surface area contributed by atoms with Crippen molar-refractivity contribution in [1.29, 1.82) is 0 Å². The summed E-state index contributed by atoms with van der Waals surface area (Å²) in [6.45, 7) is 2.79. The van der Waals surface area contributed by atoms with Gasteiger partial charge in [-0.25, -0.2) is 5.43 Å². The number of nitrogens with one attached hydrogen (secondary N) is 1. The standard InChI is InChI=1S/C25H24BrClN2O3S/c1-2-31-24-13-18(10-11-23(24)32-15-19-6-5-8-21(27)12-19)14-28-29-25(30)17-33-16-20-7-3-4-9-22(20)26/h3-14H,2,15-17H2,1H3,(H,29,30)/b28-14+. The zero-order valence-electron chi connectivity index (χ0n) is 18.1.